The fourth-order valence-corrected chi connectivity index (χ4v) is 1.68. The van der Waals surface area contributed by atoms with Crippen LogP contribution in [0.3, 0.4) is 0 Å². The molecule has 1 heterocycles. The first-order chi connectivity index (χ1) is 8.29. The molecule has 1 aromatic carbocycles. The van der Waals surface area contributed by atoms with Gasteiger partial charge in [0.2, 0.25) is 0 Å². The van der Waals surface area contributed by atoms with Crippen LogP contribution >= 0.6 is 11.6 Å². The molecule has 0 fully saturated rings. The number of rotatable bonds is 5. The Bertz CT molecular complexity index is 453. The van der Waals surface area contributed by atoms with Gasteiger partial charge in [0.25, 0.3) is 0 Å². The Morgan fingerprint density at radius 1 is 1.29 bits per heavy atom. The largest absolute Gasteiger partial charge is 0.493 e. The average Bonchev–Trinajstić information content (AvgIpc) is 2.84. The molecule has 1 N–H and O–H groups in total. The van der Waals surface area contributed by atoms with Crippen LogP contribution in [0.4, 0.5) is 0 Å². The molecule has 1 unspecified atom stereocenters. The summed E-state index contributed by atoms with van der Waals surface area (Å²) in [6.45, 7) is 0.332. The first kappa shape index (κ1) is 12.0. The Kier molecular flexibility index (Phi) is 4.07. The maximum atomic E-state index is 9.26. The second kappa shape index (κ2) is 5.75. The summed E-state index contributed by atoms with van der Waals surface area (Å²) in [7, 11) is 0. The number of aliphatic hydroxyl groups excluding tert-OH is 1. The van der Waals surface area contributed by atoms with Crippen LogP contribution in [-0.4, -0.2) is 18.3 Å². The van der Waals surface area contributed by atoms with Gasteiger partial charge in [-0.05, 0) is 30.3 Å². The molecule has 2 rings (SSSR count). The highest BCUT2D eigenvalue weighted by molar-refractivity contribution is 6.30. The summed E-state index contributed by atoms with van der Waals surface area (Å²) in [5.41, 5.74) is 0. The molecular weight excluding hydrogens is 240 g/mol. The highest BCUT2D eigenvalue weighted by Crippen LogP contribution is 2.21. The maximum Gasteiger partial charge on any atom is 0.120 e. The van der Waals surface area contributed by atoms with E-state index in [-0.39, 0.29) is 12.5 Å². The van der Waals surface area contributed by atoms with Gasteiger partial charge in [-0.25, -0.2) is 0 Å². The molecule has 0 radical (unpaired) electrons. The second-order valence-electron chi connectivity index (χ2n) is 3.66. The van der Waals surface area contributed by atoms with Crippen LogP contribution in [0.25, 0.3) is 0 Å². The summed E-state index contributed by atoms with van der Waals surface area (Å²) >= 11 is 5.85. The predicted octanol–water partition coefficient (Wildman–Crippen LogP) is 3.09. The molecule has 0 aliphatic carbocycles. The van der Waals surface area contributed by atoms with Gasteiger partial charge in [-0.1, -0.05) is 17.7 Å². The van der Waals surface area contributed by atoms with E-state index >= 15 is 0 Å². The van der Waals surface area contributed by atoms with E-state index in [1.807, 2.05) is 18.2 Å². The van der Waals surface area contributed by atoms with Gasteiger partial charge >= 0.3 is 0 Å². The smallest absolute Gasteiger partial charge is 0.120 e. The van der Waals surface area contributed by atoms with Crippen LogP contribution in [-0.2, 0) is 0 Å². The molecule has 4 heteroatoms. The number of halogens is 1. The molecule has 1 atom stereocenters. The topological polar surface area (TPSA) is 42.6 Å². The minimum atomic E-state index is -0.163. The third kappa shape index (κ3) is 3.25. The van der Waals surface area contributed by atoms with E-state index < -0.39 is 0 Å². The Morgan fingerprint density at radius 2 is 2.18 bits per heavy atom. The van der Waals surface area contributed by atoms with E-state index in [1.165, 1.54) is 0 Å². The zero-order chi connectivity index (χ0) is 12.1. The van der Waals surface area contributed by atoms with Crippen molar-refractivity contribution in [3.63, 3.8) is 0 Å². The first-order valence-electron chi connectivity index (χ1n) is 5.32. The Labute approximate surface area is 105 Å². The molecule has 17 heavy (non-hydrogen) atoms. The predicted molar refractivity (Wildman–Crippen MR) is 65.5 cm³/mol. The van der Waals surface area contributed by atoms with Crippen molar-refractivity contribution in [2.24, 2.45) is 0 Å². The normalized spacial score (nSPS) is 12.4. The van der Waals surface area contributed by atoms with Crippen LogP contribution in [0, 0.1) is 0 Å². The minimum Gasteiger partial charge on any atom is -0.493 e. The summed E-state index contributed by atoms with van der Waals surface area (Å²) in [6.07, 6.45) is 1.58. The SMILES string of the molecule is OCC(COc1cccc(Cl)c1)c1ccco1. The monoisotopic (exact) mass is 252 g/mol. The molecule has 0 bridgehead atoms. The summed E-state index contributed by atoms with van der Waals surface area (Å²) in [5.74, 6) is 1.24. The van der Waals surface area contributed by atoms with Crippen molar-refractivity contribution in [1.29, 1.82) is 0 Å². The molecule has 0 spiro atoms. The number of ether oxygens (including phenoxy) is 1. The number of aliphatic hydroxyl groups is 1. The summed E-state index contributed by atoms with van der Waals surface area (Å²) < 4.78 is 10.8. The quantitative estimate of drug-likeness (QED) is 0.889. The van der Waals surface area contributed by atoms with E-state index in [1.54, 1.807) is 24.5 Å². The van der Waals surface area contributed by atoms with Crippen molar-refractivity contribution in [3.8, 4) is 5.75 Å². The lowest BCUT2D eigenvalue weighted by atomic mass is 10.1. The van der Waals surface area contributed by atoms with Crippen molar-refractivity contribution in [2.75, 3.05) is 13.2 Å². The summed E-state index contributed by atoms with van der Waals surface area (Å²) in [4.78, 5) is 0. The third-order valence-corrected chi connectivity index (χ3v) is 2.65. The lowest BCUT2D eigenvalue weighted by Gasteiger charge is -2.13. The zero-order valence-electron chi connectivity index (χ0n) is 9.17. The van der Waals surface area contributed by atoms with Crippen LogP contribution in [0.5, 0.6) is 5.75 Å². The highest BCUT2D eigenvalue weighted by atomic mass is 35.5. The number of furan rings is 1. The van der Waals surface area contributed by atoms with Crippen molar-refractivity contribution in [1.82, 2.24) is 0 Å². The Balaban J connectivity index is 1.97. The minimum absolute atomic E-state index is 0.0198. The average molecular weight is 253 g/mol. The molecule has 3 nitrogen and oxygen atoms in total. The van der Waals surface area contributed by atoms with Crippen molar-refractivity contribution in [2.45, 2.75) is 5.92 Å². The van der Waals surface area contributed by atoms with Crippen LogP contribution in [0.15, 0.2) is 47.1 Å². The highest BCUT2D eigenvalue weighted by Gasteiger charge is 2.14. The molecule has 0 aliphatic rings. The fraction of sp³-hybridized carbons (Fsp3) is 0.231. The Hall–Kier alpha value is -1.45. The van der Waals surface area contributed by atoms with Gasteiger partial charge in [-0.15, -0.1) is 0 Å². The third-order valence-electron chi connectivity index (χ3n) is 2.41. The van der Waals surface area contributed by atoms with E-state index in [0.29, 0.717) is 17.4 Å². The van der Waals surface area contributed by atoms with Crippen molar-refractivity contribution in [3.05, 3.63) is 53.4 Å². The maximum absolute atomic E-state index is 9.26. The van der Waals surface area contributed by atoms with Crippen LogP contribution in [0.2, 0.25) is 5.02 Å². The van der Waals surface area contributed by atoms with Gasteiger partial charge in [-0.3, -0.25) is 0 Å². The number of hydrogen-bond acceptors (Lipinski definition) is 3. The summed E-state index contributed by atoms with van der Waals surface area (Å²) in [5, 5.41) is 9.89. The van der Waals surface area contributed by atoms with Gasteiger partial charge in [0.1, 0.15) is 18.1 Å². The number of hydrogen-bond donors (Lipinski definition) is 1. The van der Waals surface area contributed by atoms with E-state index in [0.717, 1.165) is 5.76 Å². The molecule has 2 aromatic rings. The van der Waals surface area contributed by atoms with E-state index in [4.69, 9.17) is 20.8 Å². The van der Waals surface area contributed by atoms with Gasteiger partial charge < -0.3 is 14.3 Å². The first-order valence-corrected chi connectivity index (χ1v) is 5.70. The van der Waals surface area contributed by atoms with Gasteiger partial charge in [0.15, 0.2) is 0 Å². The van der Waals surface area contributed by atoms with Crippen LogP contribution in [0.1, 0.15) is 11.7 Å². The molecule has 0 saturated carbocycles. The number of benzene rings is 1. The van der Waals surface area contributed by atoms with Crippen molar-refractivity contribution < 1.29 is 14.3 Å². The molecule has 0 aliphatic heterocycles. The molecule has 1 aromatic heterocycles. The van der Waals surface area contributed by atoms with Gasteiger partial charge in [-0.2, -0.15) is 0 Å². The second-order valence-corrected chi connectivity index (χ2v) is 4.10. The van der Waals surface area contributed by atoms with E-state index in [9.17, 15) is 5.11 Å². The molecule has 0 amide bonds. The van der Waals surface area contributed by atoms with Gasteiger partial charge in [0.05, 0.1) is 18.8 Å². The standard InChI is InChI=1S/C13H13ClO3/c14-11-3-1-4-12(7-11)17-9-10(8-15)13-5-2-6-16-13/h1-7,10,15H,8-9H2. The Morgan fingerprint density at radius 3 is 2.82 bits per heavy atom. The molecule has 0 saturated heterocycles. The summed E-state index contributed by atoms with van der Waals surface area (Å²) in [6, 6.07) is 10.8. The molecule has 90 valence electrons. The van der Waals surface area contributed by atoms with Gasteiger partial charge in [0, 0.05) is 5.02 Å². The lowest BCUT2D eigenvalue weighted by molar-refractivity contribution is 0.190. The molecular formula is C13H13ClO3. The van der Waals surface area contributed by atoms with Crippen LogP contribution < -0.4 is 4.74 Å². The zero-order valence-corrected chi connectivity index (χ0v) is 9.93. The lowest BCUT2D eigenvalue weighted by Crippen LogP contribution is -2.13. The fourth-order valence-electron chi connectivity index (χ4n) is 1.50. The van der Waals surface area contributed by atoms with Crippen molar-refractivity contribution >= 4 is 11.6 Å². The van der Waals surface area contributed by atoms with E-state index in [2.05, 4.69) is 0 Å².